The fourth-order valence-corrected chi connectivity index (χ4v) is 4.03. The second kappa shape index (κ2) is 6.42. The van der Waals surface area contributed by atoms with Crippen LogP contribution in [-0.4, -0.2) is 16.8 Å². The molecule has 1 aliphatic rings. The zero-order valence-electron chi connectivity index (χ0n) is 11.3. The van der Waals surface area contributed by atoms with Crippen LogP contribution in [0.5, 0.6) is 0 Å². The van der Waals surface area contributed by atoms with Gasteiger partial charge in [-0.1, -0.05) is 44.0 Å². The largest absolute Gasteiger partial charge is 0.293 e. The maximum absolute atomic E-state index is 12.2. The molecule has 1 nitrogen and oxygen atoms in total. The first kappa shape index (κ1) is 13.7. The maximum atomic E-state index is 12.2. The quantitative estimate of drug-likeness (QED) is 0.744. The summed E-state index contributed by atoms with van der Waals surface area (Å²) < 4.78 is 0. The van der Waals surface area contributed by atoms with Crippen molar-refractivity contribution in [2.75, 3.05) is 5.75 Å². The first-order valence-corrected chi connectivity index (χ1v) is 7.92. The van der Waals surface area contributed by atoms with Gasteiger partial charge in [0.2, 0.25) is 0 Å². The van der Waals surface area contributed by atoms with Crippen LogP contribution in [0.3, 0.4) is 0 Å². The third-order valence-corrected chi connectivity index (χ3v) is 5.11. The summed E-state index contributed by atoms with van der Waals surface area (Å²) in [7, 11) is 0. The number of thioether (sulfide) groups is 1. The highest BCUT2D eigenvalue weighted by Gasteiger charge is 2.20. The van der Waals surface area contributed by atoms with Gasteiger partial charge in [0.25, 0.3) is 0 Å². The molecule has 0 heterocycles. The molecule has 0 N–H and O–H groups in total. The zero-order chi connectivity index (χ0) is 13.0. The van der Waals surface area contributed by atoms with E-state index in [-0.39, 0.29) is 5.78 Å². The molecule has 2 atom stereocenters. The molecule has 1 fully saturated rings. The van der Waals surface area contributed by atoms with E-state index in [1.807, 2.05) is 43.0 Å². The van der Waals surface area contributed by atoms with Gasteiger partial charge in [-0.3, -0.25) is 4.79 Å². The van der Waals surface area contributed by atoms with Crippen molar-refractivity contribution in [2.24, 2.45) is 5.92 Å². The topological polar surface area (TPSA) is 17.1 Å². The molecular formula is C16H22OS. The third-order valence-electron chi connectivity index (χ3n) is 3.78. The lowest BCUT2D eigenvalue weighted by molar-refractivity contribution is 0.102. The standard InChI is InChI=1S/C16H22OS/c1-12-6-5-8-14(10-12)18-11-16(17)15-9-4-3-7-13(15)2/h3-4,7,9,12,14H,5-6,8,10-11H2,1-2H3. The lowest BCUT2D eigenvalue weighted by Gasteiger charge is -2.26. The minimum atomic E-state index is 0.288. The Bertz CT molecular complexity index is 413. The van der Waals surface area contributed by atoms with Gasteiger partial charge in [-0.2, -0.15) is 11.8 Å². The molecule has 98 valence electrons. The van der Waals surface area contributed by atoms with Gasteiger partial charge in [0.1, 0.15) is 0 Å². The van der Waals surface area contributed by atoms with Gasteiger partial charge in [0.15, 0.2) is 5.78 Å². The predicted octanol–water partition coefficient (Wildman–Crippen LogP) is 4.49. The van der Waals surface area contributed by atoms with Crippen molar-refractivity contribution < 1.29 is 4.79 Å². The number of rotatable bonds is 4. The second-order valence-electron chi connectivity index (χ2n) is 5.44. The average Bonchev–Trinajstić information content (AvgIpc) is 2.37. The van der Waals surface area contributed by atoms with Gasteiger partial charge < -0.3 is 0 Å². The van der Waals surface area contributed by atoms with Gasteiger partial charge >= 0.3 is 0 Å². The van der Waals surface area contributed by atoms with Crippen molar-refractivity contribution in [1.82, 2.24) is 0 Å². The van der Waals surface area contributed by atoms with E-state index >= 15 is 0 Å². The van der Waals surface area contributed by atoms with E-state index in [2.05, 4.69) is 6.92 Å². The number of hydrogen-bond acceptors (Lipinski definition) is 2. The van der Waals surface area contributed by atoms with Gasteiger partial charge in [-0.25, -0.2) is 0 Å². The highest BCUT2D eigenvalue weighted by Crippen LogP contribution is 2.32. The first-order chi connectivity index (χ1) is 8.66. The Labute approximate surface area is 114 Å². The van der Waals surface area contributed by atoms with Crippen LogP contribution in [0.1, 0.15) is 48.5 Å². The molecule has 18 heavy (non-hydrogen) atoms. The van der Waals surface area contributed by atoms with Crippen LogP contribution >= 0.6 is 11.8 Å². The van der Waals surface area contributed by atoms with Crippen molar-refractivity contribution in [3.05, 3.63) is 35.4 Å². The SMILES string of the molecule is Cc1ccccc1C(=O)CSC1CCCC(C)C1. The molecule has 0 radical (unpaired) electrons. The molecule has 0 spiro atoms. The normalized spacial score (nSPS) is 23.9. The van der Waals surface area contributed by atoms with Crippen LogP contribution < -0.4 is 0 Å². The van der Waals surface area contributed by atoms with E-state index in [1.165, 1.54) is 25.7 Å². The molecule has 1 aliphatic carbocycles. The van der Waals surface area contributed by atoms with Gasteiger partial charge in [0.05, 0.1) is 5.75 Å². The van der Waals surface area contributed by atoms with Crippen molar-refractivity contribution in [1.29, 1.82) is 0 Å². The van der Waals surface area contributed by atoms with E-state index < -0.39 is 0 Å². The number of benzene rings is 1. The smallest absolute Gasteiger partial charge is 0.172 e. The number of hydrogen-bond donors (Lipinski definition) is 0. The Kier molecular flexibility index (Phi) is 4.87. The second-order valence-corrected chi connectivity index (χ2v) is 6.73. The Morgan fingerprint density at radius 3 is 2.83 bits per heavy atom. The fourth-order valence-electron chi connectivity index (χ4n) is 2.69. The number of ketones is 1. The van der Waals surface area contributed by atoms with E-state index in [0.29, 0.717) is 11.0 Å². The number of carbonyl (C=O) groups is 1. The Balaban J connectivity index is 1.87. The molecule has 0 aliphatic heterocycles. The first-order valence-electron chi connectivity index (χ1n) is 6.87. The molecule has 2 heteroatoms. The minimum absolute atomic E-state index is 0.288. The Morgan fingerprint density at radius 2 is 2.11 bits per heavy atom. The van der Waals surface area contributed by atoms with E-state index in [0.717, 1.165) is 17.0 Å². The third kappa shape index (κ3) is 3.61. The minimum Gasteiger partial charge on any atom is -0.293 e. The van der Waals surface area contributed by atoms with Crippen molar-refractivity contribution in [3.63, 3.8) is 0 Å². The lowest BCUT2D eigenvalue weighted by atomic mass is 9.91. The van der Waals surface area contributed by atoms with E-state index in [4.69, 9.17) is 0 Å². The average molecular weight is 262 g/mol. The molecule has 1 saturated carbocycles. The molecule has 0 bridgehead atoms. The molecule has 0 amide bonds. The summed E-state index contributed by atoms with van der Waals surface area (Å²) in [5, 5.41) is 0.696. The van der Waals surface area contributed by atoms with Crippen LogP contribution in [0.2, 0.25) is 0 Å². The molecule has 0 aromatic heterocycles. The molecular weight excluding hydrogens is 240 g/mol. The molecule has 2 rings (SSSR count). The van der Waals surface area contributed by atoms with E-state index in [1.54, 1.807) is 0 Å². The van der Waals surface area contributed by atoms with Crippen LogP contribution in [0.4, 0.5) is 0 Å². The molecule has 0 saturated heterocycles. The van der Waals surface area contributed by atoms with E-state index in [9.17, 15) is 4.79 Å². The summed E-state index contributed by atoms with van der Waals surface area (Å²) in [5.74, 6) is 1.77. The Morgan fingerprint density at radius 1 is 1.33 bits per heavy atom. The monoisotopic (exact) mass is 262 g/mol. The van der Waals surface area contributed by atoms with Crippen LogP contribution in [0.15, 0.2) is 24.3 Å². The van der Waals surface area contributed by atoms with Crippen LogP contribution in [-0.2, 0) is 0 Å². The maximum Gasteiger partial charge on any atom is 0.172 e. The predicted molar refractivity (Wildman–Crippen MR) is 79.4 cm³/mol. The summed E-state index contributed by atoms with van der Waals surface area (Å²) >= 11 is 1.86. The van der Waals surface area contributed by atoms with Gasteiger partial charge in [0, 0.05) is 10.8 Å². The summed E-state index contributed by atoms with van der Waals surface area (Å²) in [6, 6.07) is 7.90. The number of aryl methyl sites for hydroxylation is 1. The van der Waals surface area contributed by atoms with Crippen molar-refractivity contribution in [2.45, 2.75) is 44.8 Å². The summed E-state index contributed by atoms with van der Waals surface area (Å²) in [6.07, 6.45) is 5.27. The summed E-state index contributed by atoms with van der Waals surface area (Å²) in [5.41, 5.74) is 1.99. The molecule has 1 aromatic carbocycles. The van der Waals surface area contributed by atoms with Gasteiger partial charge in [-0.05, 0) is 31.2 Å². The highest BCUT2D eigenvalue weighted by molar-refractivity contribution is 8.00. The Hall–Kier alpha value is -0.760. The zero-order valence-corrected chi connectivity index (χ0v) is 12.1. The van der Waals surface area contributed by atoms with Gasteiger partial charge in [-0.15, -0.1) is 0 Å². The summed E-state index contributed by atoms with van der Waals surface area (Å²) in [6.45, 7) is 4.34. The molecule has 2 unspecified atom stereocenters. The lowest BCUT2D eigenvalue weighted by Crippen LogP contribution is -2.17. The van der Waals surface area contributed by atoms with Crippen molar-refractivity contribution in [3.8, 4) is 0 Å². The molecule has 1 aromatic rings. The van der Waals surface area contributed by atoms with Crippen LogP contribution in [0.25, 0.3) is 0 Å². The van der Waals surface area contributed by atoms with Crippen LogP contribution in [0, 0.1) is 12.8 Å². The number of Topliss-reactive ketones (excluding diaryl/α,β-unsaturated/α-hetero) is 1. The number of carbonyl (C=O) groups excluding carboxylic acids is 1. The summed E-state index contributed by atoms with van der Waals surface area (Å²) in [4.78, 5) is 12.2. The highest BCUT2D eigenvalue weighted by atomic mass is 32.2. The van der Waals surface area contributed by atoms with Crippen molar-refractivity contribution >= 4 is 17.5 Å². The fraction of sp³-hybridized carbons (Fsp3) is 0.562.